The number of aromatic nitrogens is 2. The lowest BCUT2D eigenvalue weighted by Gasteiger charge is -2.36. The van der Waals surface area contributed by atoms with E-state index in [2.05, 4.69) is 18.7 Å². The number of hydrogen-bond acceptors (Lipinski definition) is 5. The zero-order chi connectivity index (χ0) is 22.9. The van der Waals surface area contributed by atoms with Crippen molar-refractivity contribution in [2.75, 3.05) is 31.1 Å². The lowest BCUT2D eigenvalue weighted by Crippen LogP contribution is -2.49. The Balaban J connectivity index is 1.61. The van der Waals surface area contributed by atoms with Gasteiger partial charge < -0.3 is 4.90 Å². The second kappa shape index (κ2) is 8.96. The summed E-state index contributed by atoms with van der Waals surface area (Å²) >= 11 is 0. The summed E-state index contributed by atoms with van der Waals surface area (Å²) in [7, 11) is -3.66. The first kappa shape index (κ1) is 22.4. The van der Waals surface area contributed by atoms with E-state index < -0.39 is 15.8 Å². The van der Waals surface area contributed by atoms with E-state index in [0.717, 1.165) is 22.6 Å². The molecule has 0 amide bonds. The number of benzene rings is 2. The van der Waals surface area contributed by atoms with Crippen molar-refractivity contribution in [3.63, 3.8) is 0 Å². The number of piperazine rings is 1. The first-order valence-corrected chi connectivity index (χ1v) is 12.2. The van der Waals surface area contributed by atoms with E-state index >= 15 is 0 Å². The molecule has 3 aromatic rings. The Morgan fingerprint density at radius 2 is 1.53 bits per heavy atom. The third kappa shape index (κ3) is 4.38. The Morgan fingerprint density at radius 3 is 2.12 bits per heavy atom. The van der Waals surface area contributed by atoms with Crippen LogP contribution in [0.3, 0.4) is 0 Å². The first-order valence-electron chi connectivity index (χ1n) is 10.7. The number of rotatable bonds is 5. The van der Waals surface area contributed by atoms with Crippen molar-refractivity contribution in [2.45, 2.75) is 31.6 Å². The first-order chi connectivity index (χ1) is 15.3. The van der Waals surface area contributed by atoms with Gasteiger partial charge in [0, 0.05) is 43.0 Å². The van der Waals surface area contributed by atoms with Gasteiger partial charge in [0.05, 0.1) is 4.90 Å². The zero-order valence-corrected chi connectivity index (χ0v) is 19.3. The topological polar surface area (TPSA) is 66.4 Å². The van der Waals surface area contributed by atoms with E-state index in [9.17, 15) is 12.8 Å². The molecule has 8 heteroatoms. The highest BCUT2D eigenvalue weighted by Crippen LogP contribution is 2.32. The summed E-state index contributed by atoms with van der Waals surface area (Å²) in [5, 5.41) is 0. The van der Waals surface area contributed by atoms with Gasteiger partial charge in [-0.2, -0.15) is 4.31 Å². The monoisotopic (exact) mass is 454 g/mol. The maximum absolute atomic E-state index is 13.2. The van der Waals surface area contributed by atoms with Crippen LogP contribution in [0.2, 0.25) is 0 Å². The van der Waals surface area contributed by atoms with Gasteiger partial charge in [0.15, 0.2) is 5.82 Å². The predicted molar refractivity (Wildman–Crippen MR) is 124 cm³/mol. The normalized spacial score (nSPS) is 15.3. The molecular formula is C24H27FN4O2S. The molecular weight excluding hydrogens is 427 g/mol. The largest absolute Gasteiger partial charge is 0.354 e. The van der Waals surface area contributed by atoms with Crippen LogP contribution in [0.1, 0.15) is 31.0 Å². The molecule has 32 heavy (non-hydrogen) atoms. The van der Waals surface area contributed by atoms with Crippen molar-refractivity contribution in [1.29, 1.82) is 0 Å². The van der Waals surface area contributed by atoms with Gasteiger partial charge in [0.25, 0.3) is 0 Å². The van der Waals surface area contributed by atoms with Crippen molar-refractivity contribution >= 4 is 15.8 Å². The number of hydrogen-bond donors (Lipinski definition) is 0. The van der Waals surface area contributed by atoms with E-state index in [1.807, 2.05) is 37.3 Å². The molecule has 0 bridgehead atoms. The van der Waals surface area contributed by atoms with Crippen LogP contribution < -0.4 is 4.90 Å². The molecule has 2 aromatic carbocycles. The van der Waals surface area contributed by atoms with Crippen LogP contribution in [0.25, 0.3) is 11.4 Å². The van der Waals surface area contributed by atoms with E-state index in [1.54, 1.807) is 0 Å². The van der Waals surface area contributed by atoms with Crippen LogP contribution >= 0.6 is 0 Å². The van der Waals surface area contributed by atoms with Gasteiger partial charge in [0.2, 0.25) is 10.0 Å². The Labute approximate surface area is 188 Å². The molecule has 0 aliphatic carbocycles. The predicted octanol–water partition coefficient (Wildman–Crippen LogP) is 4.23. The summed E-state index contributed by atoms with van der Waals surface area (Å²) in [6.45, 7) is 7.94. The molecule has 4 rings (SSSR count). The second-order valence-corrected chi connectivity index (χ2v) is 10.2. The minimum Gasteiger partial charge on any atom is -0.354 e. The number of aryl methyl sites for hydroxylation is 1. The minimum absolute atomic E-state index is 0.111. The lowest BCUT2D eigenvalue weighted by atomic mass is 10.0. The lowest BCUT2D eigenvalue weighted by molar-refractivity contribution is 0.383. The molecule has 6 nitrogen and oxygen atoms in total. The summed E-state index contributed by atoms with van der Waals surface area (Å²) in [4.78, 5) is 11.9. The molecule has 0 atom stereocenters. The average Bonchev–Trinajstić information content (AvgIpc) is 2.79. The summed E-state index contributed by atoms with van der Waals surface area (Å²) in [5.41, 5.74) is 2.97. The van der Waals surface area contributed by atoms with E-state index in [-0.39, 0.29) is 10.8 Å². The quantitative estimate of drug-likeness (QED) is 0.577. The van der Waals surface area contributed by atoms with Crippen molar-refractivity contribution < 1.29 is 12.8 Å². The van der Waals surface area contributed by atoms with Crippen LogP contribution in [0.4, 0.5) is 10.2 Å². The standard InChI is InChI=1S/C24H27FN4O2S/c1-17(2)22-18(3)26-23(19-7-5-4-6-8-19)27-24(22)28-13-15-29(16-14-28)32(30,31)21-11-9-20(25)10-12-21/h4-12,17H,13-16H2,1-3H3. The van der Waals surface area contributed by atoms with Crippen LogP contribution in [0.15, 0.2) is 59.5 Å². The molecule has 0 unspecified atom stereocenters. The van der Waals surface area contributed by atoms with Crippen molar-refractivity contribution in [2.24, 2.45) is 0 Å². The maximum atomic E-state index is 13.2. The number of anilines is 1. The van der Waals surface area contributed by atoms with Gasteiger partial charge in [-0.1, -0.05) is 44.2 Å². The SMILES string of the molecule is Cc1nc(-c2ccccc2)nc(N2CCN(S(=O)(=O)c3ccc(F)cc3)CC2)c1C(C)C. The van der Waals surface area contributed by atoms with Crippen molar-refractivity contribution in [3.8, 4) is 11.4 Å². The van der Waals surface area contributed by atoms with E-state index in [1.165, 1.54) is 28.6 Å². The molecule has 0 spiro atoms. The fourth-order valence-corrected chi connectivity index (χ4v) is 5.52. The number of halogens is 1. The summed E-state index contributed by atoms with van der Waals surface area (Å²) in [6.07, 6.45) is 0. The van der Waals surface area contributed by atoms with Crippen molar-refractivity contribution in [3.05, 3.63) is 71.7 Å². The van der Waals surface area contributed by atoms with E-state index in [0.29, 0.717) is 32.0 Å². The molecule has 1 aromatic heterocycles. The van der Waals surface area contributed by atoms with Gasteiger partial charge in [-0.05, 0) is 37.1 Å². The molecule has 2 heterocycles. The van der Waals surface area contributed by atoms with E-state index in [4.69, 9.17) is 9.97 Å². The highest BCUT2D eigenvalue weighted by Gasteiger charge is 2.30. The molecule has 168 valence electrons. The summed E-state index contributed by atoms with van der Waals surface area (Å²) in [5.74, 6) is 1.31. The molecule has 0 N–H and O–H groups in total. The fourth-order valence-electron chi connectivity index (χ4n) is 4.10. The summed E-state index contributed by atoms with van der Waals surface area (Å²) in [6, 6.07) is 14.8. The number of sulfonamides is 1. The van der Waals surface area contributed by atoms with Crippen LogP contribution in [-0.2, 0) is 10.0 Å². The third-order valence-electron chi connectivity index (χ3n) is 5.72. The average molecular weight is 455 g/mol. The molecule has 1 saturated heterocycles. The highest BCUT2D eigenvalue weighted by molar-refractivity contribution is 7.89. The van der Waals surface area contributed by atoms with Crippen LogP contribution in [0, 0.1) is 12.7 Å². The fraction of sp³-hybridized carbons (Fsp3) is 0.333. The van der Waals surface area contributed by atoms with Gasteiger partial charge in [-0.15, -0.1) is 0 Å². The zero-order valence-electron chi connectivity index (χ0n) is 18.5. The molecule has 1 aliphatic heterocycles. The minimum atomic E-state index is -3.66. The second-order valence-electron chi connectivity index (χ2n) is 8.24. The Morgan fingerprint density at radius 1 is 0.906 bits per heavy atom. The molecule has 0 radical (unpaired) electrons. The maximum Gasteiger partial charge on any atom is 0.243 e. The Hall–Kier alpha value is -2.84. The van der Waals surface area contributed by atoms with Gasteiger partial charge in [-0.25, -0.2) is 22.8 Å². The molecule has 0 saturated carbocycles. The van der Waals surface area contributed by atoms with Gasteiger partial charge in [0.1, 0.15) is 11.6 Å². The summed E-state index contributed by atoms with van der Waals surface area (Å²) < 4.78 is 40.6. The smallest absolute Gasteiger partial charge is 0.243 e. The highest BCUT2D eigenvalue weighted by atomic mass is 32.2. The molecule has 1 fully saturated rings. The van der Waals surface area contributed by atoms with Gasteiger partial charge >= 0.3 is 0 Å². The van der Waals surface area contributed by atoms with Crippen LogP contribution in [0.5, 0.6) is 0 Å². The van der Waals surface area contributed by atoms with Crippen LogP contribution in [-0.4, -0.2) is 48.9 Å². The van der Waals surface area contributed by atoms with Gasteiger partial charge in [-0.3, -0.25) is 0 Å². The van der Waals surface area contributed by atoms with Crippen molar-refractivity contribution in [1.82, 2.24) is 14.3 Å². The third-order valence-corrected chi connectivity index (χ3v) is 7.63. The Kier molecular flexibility index (Phi) is 6.26. The Bertz CT molecular complexity index is 1190. The number of nitrogens with zero attached hydrogens (tertiary/aromatic N) is 4. The molecule has 1 aliphatic rings.